The van der Waals surface area contributed by atoms with Gasteiger partial charge in [-0.1, -0.05) is 24.3 Å². The predicted octanol–water partition coefficient (Wildman–Crippen LogP) is 1.95. The van der Waals surface area contributed by atoms with E-state index in [2.05, 4.69) is 36.2 Å². The van der Waals surface area contributed by atoms with E-state index in [4.69, 9.17) is 5.73 Å². The van der Waals surface area contributed by atoms with Gasteiger partial charge in [0.2, 0.25) is 0 Å². The van der Waals surface area contributed by atoms with E-state index < -0.39 is 5.60 Å². The van der Waals surface area contributed by atoms with Gasteiger partial charge >= 0.3 is 0 Å². The molecule has 0 radical (unpaired) electrons. The average Bonchev–Trinajstić information content (AvgIpc) is 2.70. The lowest BCUT2D eigenvalue weighted by molar-refractivity contribution is 0.0810. The molecule has 1 heterocycles. The molecule has 0 spiro atoms. The van der Waals surface area contributed by atoms with Gasteiger partial charge in [0.25, 0.3) is 0 Å². The van der Waals surface area contributed by atoms with Gasteiger partial charge in [0, 0.05) is 19.0 Å². The molecule has 3 N–H and O–H groups in total. The van der Waals surface area contributed by atoms with E-state index in [1.807, 2.05) is 13.8 Å². The molecule has 3 heteroatoms. The summed E-state index contributed by atoms with van der Waals surface area (Å²) in [7, 11) is 2.17. The summed E-state index contributed by atoms with van der Waals surface area (Å²) in [6, 6.07) is 9.15. The van der Waals surface area contributed by atoms with Crippen LogP contribution in [0.4, 0.5) is 0 Å². The van der Waals surface area contributed by atoms with E-state index in [0.717, 1.165) is 19.5 Å². The highest BCUT2D eigenvalue weighted by molar-refractivity contribution is 5.26. The van der Waals surface area contributed by atoms with Gasteiger partial charge in [0.05, 0.1) is 5.60 Å². The average molecular weight is 262 g/mol. The Kier molecular flexibility index (Phi) is 4.29. The second kappa shape index (κ2) is 5.61. The normalized spacial score (nSPS) is 24.9. The molecule has 2 atom stereocenters. The smallest absolute Gasteiger partial charge is 0.0631 e. The number of nitrogens with two attached hydrogens (primary N) is 1. The molecule has 0 amide bonds. The van der Waals surface area contributed by atoms with Crippen molar-refractivity contribution in [2.24, 2.45) is 11.7 Å². The van der Waals surface area contributed by atoms with Gasteiger partial charge in [-0.25, -0.2) is 0 Å². The maximum absolute atomic E-state index is 9.84. The number of hydrogen-bond acceptors (Lipinski definition) is 3. The Hall–Kier alpha value is -0.900. The van der Waals surface area contributed by atoms with Crippen molar-refractivity contribution in [3.05, 3.63) is 35.4 Å². The summed E-state index contributed by atoms with van der Waals surface area (Å²) in [5, 5.41) is 9.84. The summed E-state index contributed by atoms with van der Waals surface area (Å²) in [6.07, 6.45) is 1.84. The minimum atomic E-state index is -0.643. The Morgan fingerprint density at radius 3 is 2.42 bits per heavy atom. The van der Waals surface area contributed by atoms with Gasteiger partial charge in [-0.05, 0) is 50.9 Å². The van der Waals surface area contributed by atoms with Crippen LogP contribution in [0.25, 0.3) is 0 Å². The molecule has 0 aliphatic carbocycles. The maximum Gasteiger partial charge on any atom is 0.0631 e. The fourth-order valence-electron chi connectivity index (χ4n) is 3.02. The van der Waals surface area contributed by atoms with E-state index in [1.54, 1.807) is 0 Å². The first-order chi connectivity index (χ1) is 8.89. The summed E-state index contributed by atoms with van der Waals surface area (Å²) >= 11 is 0. The molecule has 2 rings (SSSR count). The fraction of sp³-hybridized carbons (Fsp3) is 0.625. The second-order valence-electron chi connectivity index (χ2n) is 6.52. The molecule has 1 aliphatic heterocycles. The van der Waals surface area contributed by atoms with Crippen molar-refractivity contribution in [1.82, 2.24) is 4.90 Å². The number of likely N-dealkylation sites (tertiary alicyclic amines) is 1. The summed E-state index contributed by atoms with van der Waals surface area (Å²) in [4.78, 5) is 2.39. The van der Waals surface area contributed by atoms with Crippen molar-refractivity contribution in [3.8, 4) is 0 Å². The third kappa shape index (κ3) is 3.78. The molecular weight excluding hydrogens is 236 g/mol. The third-order valence-electron chi connectivity index (χ3n) is 3.97. The van der Waals surface area contributed by atoms with Crippen LogP contribution in [0.5, 0.6) is 0 Å². The van der Waals surface area contributed by atoms with Crippen LogP contribution in [0.2, 0.25) is 0 Å². The number of benzene rings is 1. The Balaban J connectivity index is 2.06. The molecular formula is C16H26N2O. The number of rotatable bonds is 4. The lowest BCUT2D eigenvalue weighted by Crippen LogP contribution is -2.22. The highest BCUT2D eigenvalue weighted by Crippen LogP contribution is 2.33. The highest BCUT2D eigenvalue weighted by atomic mass is 16.3. The summed E-state index contributed by atoms with van der Waals surface area (Å²) < 4.78 is 0. The van der Waals surface area contributed by atoms with Crippen molar-refractivity contribution in [1.29, 1.82) is 0 Å². The van der Waals surface area contributed by atoms with Gasteiger partial charge < -0.3 is 10.8 Å². The van der Waals surface area contributed by atoms with Gasteiger partial charge in [0.15, 0.2) is 0 Å². The molecule has 2 unspecified atom stereocenters. The quantitative estimate of drug-likeness (QED) is 0.872. The van der Waals surface area contributed by atoms with Crippen LogP contribution in [0, 0.1) is 5.92 Å². The van der Waals surface area contributed by atoms with Crippen molar-refractivity contribution in [3.63, 3.8) is 0 Å². The van der Waals surface area contributed by atoms with Crippen LogP contribution in [0.3, 0.4) is 0 Å². The highest BCUT2D eigenvalue weighted by Gasteiger charge is 2.29. The molecule has 106 valence electrons. The zero-order valence-corrected chi connectivity index (χ0v) is 12.3. The Bertz CT molecular complexity index is 408. The zero-order valence-electron chi connectivity index (χ0n) is 12.3. The Morgan fingerprint density at radius 2 is 1.95 bits per heavy atom. The lowest BCUT2D eigenvalue weighted by Gasteiger charge is -2.21. The van der Waals surface area contributed by atoms with Crippen molar-refractivity contribution in [2.45, 2.75) is 38.3 Å². The SMILES string of the molecule is CN1CC(CN)CC1c1ccc(CC(C)(C)O)cc1. The minimum absolute atomic E-state index is 0.490. The number of aliphatic hydroxyl groups is 1. The van der Waals surface area contributed by atoms with Crippen molar-refractivity contribution < 1.29 is 5.11 Å². The molecule has 0 bridgehead atoms. The molecule has 0 saturated carbocycles. The summed E-state index contributed by atoms with van der Waals surface area (Å²) in [5.74, 6) is 0.617. The molecule has 1 saturated heterocycles. The van der Waals surface area contributed by atoms with Crippen LogP contribution >= 0.6 is 0 Å². The molecule has 1 fully saturated rings. The summed E-state index contributed by atoms with van der Waals surface area (Å²) in [6.45, 7) is 5.55. The second-order valence-corrected chi connectivity index (χ2v) is 6.52. The van der Waals surface area contributed by atoms with Crippen LogP contribution in [-0.4, -0.2) is 35.7 Å². The lowest BCUT2D eigenvalue weighted by atomic mass is 9.95. The standard InChI is InChI=1S/C16H26N2O/c1-16(2,19)9-12-4-6-14(7-5-12)15-8-13(10-17)11-18(15)3/h4-7,13,15,19H,8-11,17H2,1-3H3. The zero-order chi connectivity index (χ0) is 14.0. The van der Waals surface area contributed by atoms with E-state index in [9.17, 15) is 5.11 Å². The van der Waals surface area contributed by atoms with Crippen molar-refractivity contribution in [2.75, 3.05) is 20.1 Å². The van der Waals surface area contributed by atoms with Crippen molar-refractivity contribution >= 4 is 0 Å². The van der Waals surface area contributed by atoms with Crippen LogP contribution in [0.1, 0.15) is 37.4 Å². The Labute approximate surface area is 116 Å². The molecule has 3 nitrogen and oxygen atoms in total. The number of nitrogens with zero attached hydrogens (tertiary/aromatic N) is 1. The van der Waals surface area contributed by atoms with E-state index in [-0.39, 0.29) is 0 Å². The maximum atomic E-state index is 9.84. The van der Waals surface area contributed by atoms with Crippen LogP contribution in [-0.2, 0) is 6.42 Å². The molecule has 1 aromatic carbocycles. The third-order valence-corrected chi connectivity index (χ3v) is 3.97. The van der Waals surface area contributed by atoms with Crippen LogP contribution < -0.4 is 5.73 Å². The molecule has 1 aliphatic rings. The van der Waals surface area contributed by atoms with Gasteiger partial charge in [0.1, 0.15) is 0 Å². The molecule has 1 aromatic rings. The summed E-state index contributed by atoms with van der Waals surface area (Å²) in [5.41, 5.74) is 7.68. The predicted molar refractivity (Wildman–Crippen MR) is 79.0 cm³/mol. The minimum Gasteiger partial charge on any atom is -0.390 e. The first-order valence-electron chi connectivity index (χ1n) is 7.10. The van der Waals surface area contributed by atoms with Crippen LogP contribution in [0.15, 0.2) is 24.3 Å². The van der Waals surface area contributed by atoms with Gasteiger partial charge in [-0.2, -0.15) is 0 Å². The van der Waals surface area contributed by atoms with E-state index in [0.29, 0.717) is 18.4 Å². The van der Waals surface area contributed by atoms with Gasteiger partial charge in [-0.15, -0.1) is 0 Å². The fourth-order valence-corrected chi connectivity index (χ4v) is 3.02. The largest absolute Gasteiger partial charge is 0.390 e. The molecule has 19 heavy (non-hydrogen) atoms. The van der Waals surface area contributed by atoms with E-state index >= 15 is 0 Å². The number of hydrogen-bond donors (Lipinski definition) is 2. The van der Waals surface area contributed by atoms with Gasteiger partial charge in [-0.3, -0.25) is 4.90 Å². The molecule has 0 aromatic heterocycles. The topological polar surface area (TPSA) is 49.5 Å². The first kappa shape index (κ1) is 14.5. The Morgan fingerprint density at radius 1 is 1.32 bits per heavy atom. The monoisotopic (exact) mass is 262 g/mol. The van der Waals surface area contributed by atoms with E-state index in [1.165, 1.54) is 11.1 Å². The first-order valence-corrected chi connectivity index (χ1v) is 7.10.